The lowest BCUT2D eigenvalue weighted by Crippen LogP contribution is -2.64. The zero-order chi connectivity index (χ0) is 14.5. The van der Waals surface area contributed by atoms with Crippen LogP contribution in [0.5, 0.6) is 5.75 Å². The van der Waals surface area contributed by atoms with Crippen LogP contribution in [0.25, 0.3) is 0 Å². The average molecular weight is 278 g/mol. The molecular weight excluding hydrogens is 256 g/mol. The fraction of sp³-hybridized carbons (Fsp3) is 0.533. The van der Waals surface area contributed by atoms with Crippen molar-refractivity contribution in [3.63, 3.8) is 0 Å². The summed E-state index contributed by atoms with van der Waals surface area (Å²) in [6.45, 7) is 2.59. The third kappa shape index (κ3) is 3.49. The summed E-state index contributed by atoms with van der Waals surface area (Å²) in [5, 5.41) is 2.96. The first-order valence-corrected chi connectivity index (χ1v) is 6.93. The van der Waals surface area contributed by atoms with Crippen molar-refractivity contribution in [1.29, 1.82) is 0 Å². The van der Waals surface area contributed by atoms with Crippen LogP contribution >= 0.6 is 0 Å². The number of benzene rings is 1. The fourth-order valence-corrected chi connectivity index (χ4v) is 2.39. The second-order valence-corrected chi connectivity index (χ2v) is 5.01. The molecule has 0 radical (unpaired) electrons. The number of carbonyl (C=O) groups is 1. The van der Waals surface area contributed by atoms with Gasteiger partial charge in [-0.05, 0) is 31.0 Å². The lowest BCUT2D eigenvalue weighted by atomic mass is 9.83. The number of nitrogens with one attached hydrogen (secondary N) is 1. The molecule has 1 saturated carbocycles. The van der Waals surface area contributed by atoms with E-state index in [0.29, 0.717) is 13.0 Å². The van der Waals surface area contributed by atoms with Crippen LogP contribution in [0.4, 0.5) is 0 Å². The number of carbonyl (C=O) groups excluding carboxylic acids is 1. The van der Waals surface area contributed by atoms with Crippen molar-refractivity contribution in [2.75, 3.05) is 13.7 Å². The SMILES string of the molecule is CCOC1CC(N)C1NC(=O)Cc1ccc(OC)cc1. The monoisotopic (exact) mass is 278 g/mol. The molecule has 3 N–H and O–H groups in total. The van der Waals surface area contributed by atoms with E-state index in [-0.39, 0.29) is 24.1 Å². The van der Waals surface area contributed by atoms with Crippen molar-refractivity contribution in [3.05, 3.63) is 29.8 Å². The van der Waals surface area contributed by atoms with E-state index in [1.165, 1.54) is 0 Å². The van der Waals surface area contributed by atoms with E-state index < -0.39 is 0 Å². The Morgan fingerprint density at radius 1 is 1.40 bits per heavy atom. The molecule has 5 nitrogen and oxygen atoms in total. The van der Waals surface area contributed by atoms with Gasteiger partial charge < -0.3 is 20.5 Å². The van der Waals surface area contributed by atoms with Crippen LogP contribution in [-0.2, 0) is 16.0 Å². The maximum absolute atomic E-state index is 12.0. The lowest BCUT2D eigenvalue weighted by Gasteiger charge is -2.42. The van der Waals surface area contributed by atoms with Gasteiger partial charge in [0.05, 0.1) is 25.7 Å². The van der Waals surface area contributed by atoms with E-state index in [2.05, 4.69) is 5.32 Å². The predicted molar refractivity (Wildman–Crippen MR) is 76.6 cm³/mol. The quantitative estimate of drug-likeness (QED) is 0.809. The Hall–Kier alpha value is -1.59. The fourth-order valence-electron chi connectivity index (χ4n) is 2.39. The number of methoxy groups -OCH3 is 1. The summed E-state index contributed by atoms with van der Waals surface area (Å²) in [6.07, 6.45) is 1.20. The molecule has 1 aromatic rings. The number of ether oxygens (including phenoxy) is 2. The molecule has 0 aromatic heterocycles. The number of nitrogens with two attached hydrogens (primary N) is 1. The van der Waals surface area contributed by atoms with Gasteiger partial charge in [0.1, 0.15) is 5.75 Å². The van der Waals surface area contributed by atoms with E-state index in [1.807, 2.05) is 31.2 Å². The molecule has 1 aromatic carbocycles. The second-order valence-electron chi connectivity index (χ2n) is 5.01. The Morgan fingerprint density at radius 3 is 2.65 bits per heavy atom. The molecule has 3 unspecified atom stereocenters. The molecular formula is C15H22N2O3. The van der Waals surface area contributed by atoms with Crippen molar-refractivity contribution in [1.82, 2.24) is 5.32 Å². The number of amides is 1. The third-order valence-electron chi connectivity index (χ3n) is 3.60. The van der Waals surface area contributed by atoms with Gasteiger partial charge >= 0.3 is 0 Å². The van der Waals surface area contributed by atoms with E-state index >= 15 is 0 Å². The Morgan fingerprint density at radius 2 is 2.10 bits per heavy atom. The first-order valence-electron chi connectivity index (χ1n) is 6.93. The van der Waals surface area contributed by atoms with Gasteiger partial charge in [0, 0.05) is 12.6 Å². The summed E-state index contributed by atoms with van der Waals surface area (Å²) in [6, 6.07) is 7.40. The highest BCUT2D eigenvalue weighted by Crippen LogP contribution is 2.22. The van der Waals surface area contributed by atoms with E-state index in [4.69, 9.17) is 15.2 Å². The Balaban J connectivity index is 1.85. The normalized spacial score (nSPS) is 24.9. The molecule has 0 heterocycles. The average Bonchev–Trinajstić information content (AvgIpc) is 2.45. The van der Waals surface area contributed by atoms with Gasteiger partial charge in [-0.1, -0.05) is 12.1 Å². The molecule has 1 amide bonds. The van der Waals surface area contributed by atoms with Crippen molar-refractivity contribution in [3.8, 4) is 5.75 Å². The highest BCUT2D eigenvalue weighted by molar-refractivity contribution is 5.79. The van der Waals surface area contributed by atoms with Gasteiger partial charge in [0.2, 0.25) is 5.91 Å². The number of hydrogen-bond acceptors (Lipinski definition) is 4. The zero-order valence-electron chi connectivity index (χ0n) is 12.0. The summed E-state index contributed by atoms with van der Waals surface area (Å²) in [7, 11) is 1.62. The molecule has 0 aliphatic heterocycles. The minimum Gasteiger partial charge on any atom is -0.497 e. The largest absolute Gasteiger partial charge is 0.497 e. The lowest BCUT2D eigenvalue weighted by molar-refractivity contribution is -0.125. The first-order chi connectivity index (χ1) is 9.63. The predicted octanol–water partition coefficient (Wildman–Crippen LogP) is 0.859. The van der Waals surface area contributed by atoms with Crippen molar-refractivity contribution in [2.24, 2.45) is 5.73 Å². The summed E-state index contributed by atoms with van der Waals surface area (Å²) >= 11 is 0. The molecule has 110 valence electrons. The molecule has 0 saturated heterocycles. The van der Waals surface area contributed by atoms with Gasteiger partial charge in [0.25, 0.3) is 0 Å². The number of rotatable bonds is 6. The van der Waals surface area contributed by atoms with E-state index in [0.717, 1.165) is 17.7 Å². The molecule has 0 spiro atoms. The Bertz CT molecular complexity index is 445. The molecule has 2 rings (SSSR count). The van der Waals surface area contributed by atoms with Crippen LogP contribution in [0, 0.1) is 0 Å². The highest BCUT2D eigenvalue weighted by Gasteiger charge is 2.40. The maximum atomic E-state index is 12.0. The minimum absolute atomic E-state index is 0.00799. The summed E-state index contributed by atoms with van der Waals surface area (Å²) in [5.41, 5.74) is 6.86. The van der Waals surface area contributed by atoms with Gasteiger partial charge in [-0.2, -0.15) is 0 Å². The molecule has 20 heavy (non-hydrogen) atoms. The molecule has 0 bridgehead atoms. The number of hydrogen-bond donors (Lipinski definition) is 2. The van der Waals surface area contributed by atoms with Gasteiger partial charge in [-0.3, -0.25) is 4.79 Å². The van der Waals surface area contributed by atoms with Crippen molar-refractivity contribution in [2.45, 2.75) is 38.0 Å². The molecule has 5 heteroatoms. The molecule has 1 aliphatic carbocycles. The molecule has 1 aliphatic rings. The zero-order valence-corrected chi connectivity index (χ0v) is 12.0. The summed E-state index contributed by atoms with van der Waals surface area (Å²) < 4.78 is 10.6. The smallest absolute Gasteiger partial charge is 0.224 e. The van der Waals surface area contributed by atoms with Crippen molar-refractivity contribution >= 4 is 5.91 Å². The maximum Gasteiger partial charge on any atom is 0.224 e. The van der Waals surface area contributed by atoms with Gasteiger partial charge in [-0.15, -0.1) is 0 Å². The molecule has 1 fully saturated rings. The summed E-state index contributed by atoms with van der Waals surface area (Å²) in [4.78, 5) is 12.0. The Labute approximate surface area is 119 Å². The van der Waals surface area contributed by atoms with Crippen molar-refractivity contribution < 1.29 is 14.3 Å². The van der Waals surface area contributed by atoms with Crippen LogP contribution in [0.15, 0.2) is 24.3 Å². The standard InChI is InChI=1S/C15H22N2O3/c1-3-20-13-9-12(16)15(13)17-14(18)8-10-4-6-11(19-2)7-5-10/h4-7,12-13,15H,3,8-9,16H2,1-2H3,(H,17,18). The van der Waals surface area contributed by atoms with Gasteiger partial charge in [-0.25, -0.2) is 0 Å². The van der Waals surface area contributed by atoms with Crippen LogP contribution in [0.3, 0.4) is 0 Å². The van der Waals surface area contributed by atoms with E-state index in [1.54, 1.807) is 7.11 Å². The van der Waals surface area contributed by atoms with Crippen LogP contribution < -0.4 is 15.8 Å². The first kappa shape index (κ1) is 14.8. The second kappa shape index (κ2) is 6.72. The molecule has 3 atom stereocenters. The topological polar surface area (TPSA) is 73.6 Å². The van der Waals surface area contributed by atoms with E-state index in [9.17, 15) is 4.79 Å². The Kier molecular flexibility index (Phi) is 4.98. The minimum atomic E-state index is -0.0688. The van der Waals surface area contributed by atoms with Gasteiger partial charge in [0.15, 0.2) is 0 Å². The highest BCUT2D eigenvalue weighted by atomic mass is 16.5. The summed E-state index contributed by atoms with van der Waals surface area (Å²) in [5.74, 6) is 0.756. The third-order valence-corrected chi connectivity index (χ3v) is 3.60. The van der Waals surface area contributed by atoms with Crippen LogP contribution in [-0.4, -0.2) is 37.8 Å². The van der Waals surface area contributed by atoms with Crippen LogP contribution in [0.2, 0.25) is 0 Å². The van der Waals surface area contributed by atoms with Crippen LogP contribution in [0.1, 0.15) is 18.9 Å².